The average molecular weight is 215 g/mol. The van der Waals surface area contributed by atoms with E-state index in [1.165, 1.54) is 32.4 Å². The van der Waals surface area contributed by atoms with Crippen molar-refractivity contribution in [3.05, 3.63) is 35.4 Å². The third-order valence-electron chi connectivity index (χ3n) is 4.90. The van der Waals surface area contributed by atoms with E-state index in [0.29, 0.717) is 5.41 Å². The summed E-state index contributed by atoms with van der Waals surface area (Å²) in [4.78, 5) is 2.47. The molecular weight excluding hydrogens is 194 g/mol. The highest BCUT2D eigenvalue weighted by molar-refractivity contribution is 5.41. The van der Waals surface area contributed by atoms with Crippen LogP contribution in [0.4, 0.5) is 0 Å². The van der Waals surface area contributed by atoms with Crippen LogP contribution in [-0.2, 0) is 11.8 Å². The van der Waals surface area contributed by atoms with E-state index in [1.807, 2.05) is 0 Å². The number of piperidine rings is 1. The average Bonchev–Trinajstić information content (AvgIpc) is 2.57. The van der Waals surface area contributed by atoms with Crippen molar-refractivity contribution >= 4 is 0 Å². The van der Waals surface area contributed by atoms with Gasteiger partial charge in [-0.15, -0.1) is 0 Å². The van der Waals surface area contributed by atoms with Gasteiger partial charge in [0.05, 0.1) is 0 Å². The van der Waals surface area contributed by atoms with Gasteiger partial charge < -0.3 is 4.90 Å². The molecule has 1 atom stereocenters. The molecule has 0 saturated carbocycles. The number of hydrogen-bond donors (Lipinski definition) is 0. The maximum Gasteiger partial charge on any atom is 0.000878 e. The van der Waals surface area contributed by atoms with Crippen LogP contribution < -0.4 is 0 Å². The summed E-state index contributed by atoms with van der Waals surface area (Å²) in [6.45, 7) is 4.97. The van der Waals surface area contributed by atoms with Gasteiger partial charge in [0.1, 0.15) is 0 Å². The quantitative estimate of drug-likeness (QED) is 0.643. The lowest BCUT2D eigenvalue weighted by Gasteiger charge is -2.42. The summed E-state index contributed by atoms with van der Waals surface area (Å²) in [6, 6.07) is 9.12. The lowest BCUT2D eigenvalue weighted by atomic mass is 9.69. The zero-order chi connectivity index (χ0) is 11.2. The van der Waals surface area contributed by atoms with Gasteiger partial charge in [-0.25, -0.2) is 0 Å². The standard InChI is InChI=1S/C15H21N/c1-12-11-13-5-3-4-6-14(13)15(12)7-9-16(2)10-8-15/h3-6,12H,7-11H2,1-2H3. The Morgan fingerprint density at radius 1 is 1.19 bits per heavy atom. The summed E-state index contributed by atoms with van der Waals surface area (Å²) in [5, 5.41) is 0. The van der Waals surface area contributed by atoms with Gasteiger partial charge in [0, 0.05) is 5.41 Å². The van der Waals surface area contributed by atoms with E-state index in [2.05, 4.69) is 43.1 Å². The number of nitrogens with zero attached hydrogens (tertiary/aromatic N) is 1. The Morgan fingerprint density at radius 2 is 1.88 bits per heavy atom. The van der Waals surface area contributed by atoms with Crippen LogP contribution in [0, 0.1) is 5.92 Å². The number of likely N-dealkylation sites (tertiary alicyclic amines) is 1. The molecule has 1 aliphatic carbocycles. The minimum Gasteiger partial charge on any atom is -0.306 e. The van der Waals surface area contributed by atoms with Crippen LogP contribution in [0.5, 0.6) is 0 Å². The van der Waals surface area contributed by atoms with E-state index >= 15 is 0 Å². The molecule has 1 unspecified atom stereocenters. The molecule has 0 aromatic heterocycles. The van der Waals surface area contributed by atoms with Gasteiger partial charge in [0.25, 0.3) is 0 Å². The minimum absolute atomic E-state index is 0.503. The van der Waals surface area contributed by atoms with Crippen LogP contribution in [0.25, 0.3) is 0 Å². The van der Waals surface area contributed by atoms with Crippen LogP contribution in [0.1, 0.15) is 30.9 Å². The molecule has 3 rings (SSSR count). The molecule has 0 N–H and O–H groups in total. The fourth-order valence-electron chi connectivity index (χ4n) is 3.75. The van der Waals surface area contributed by atoms with Crippen molar-refractivity contribution in [1.82, 2.24) is 4.90 Å². The van der Waals surface area contributed by atoms with E-state index in [0.717, 1.165) is 5.92 Å². The van der Waals surface area contributed by atoms with Gasteiger partial charge in [-0.1, -0.05) is 31.2 Å². The second-order valence-electron chi connectivity index (χ2n) is 5.72. The van der Waals surface area contributed by atoms with Gasteiger partial charge in [0.15, 0.2) is 0 Å². The Morgan fingerprint density at radius 3 is 2.62 bits per heavy atom. The minimum atomic E-state index is 0.503. The van der Waals surface area contributed by atoms with Crippen molar-refractivity contribution in [3.8, 4) is 0 Å². The summed E-state index contributed by atoms with van der Waals surface area (Å²) in [7, 11) is 2.25. The Balaban J connectivity index is 2.01. The van der Waals surface area contributed by atoms with E-state index in [4.69, 9.17) is 0 Å². The van der Waals surface area contributed by atoms with Crippen molar-refractivity contribution in [2.75, 3.05) is 20.1 Å². The summed E-state index contributed by atoms with van der Waals surface area (Å²) >= 11 is 0. The van der Waals surface area contributed by atoms with Crippen LogP contribution in [0.15, 0.2) is 24.3 Å². The molecule has 1 saturated heterocycles. The number of benzene rings is 1. The fourth-order valence-corrected chi connectivity index (χ4v) is 3.75. The molecule has 0 radical (unpaired) electrons. The monoisotopic (exact) mass is 215 g/mol. The highest BCUT2D eigenvalue weighted by atomic mass is 15.1. The largest absolute Gasteiger partial charge is 0.306 e. The second-order valence-corrected chi connectivity index (χ2v) is 5.72. The van der Waals surface area contributed by atoms with Crippen LogP contribution in [-0.4, -0.2) is 25.0 Å². The van der Waals surface area contributed by atoms with Crippen molar-refractivity contribution in [2.45, 2.75) is 31.6 Å². The fraction of sp³-hybridized carbons (Fsp3) is 0.600. The third kappa shape index (κ3) is 1.34. The summed E-state index contributed by atoms with van der Waals surface area (Å²) in [5.41, 5.74) is 3.78. The molecule has 1 nitrogen and oxygen atoms in total. The molecular formula is C15H21N. The van der Waals surface area contributed by atoms with E-state index in [1.54, 1.807) is 11.1 Å². The predicted molar refractivity (Wildman–Crippen MR) is 67.7 cm³/mol. The first-order valence-electron chi connectivity index (χ1n) is 6.49. The van der Waals surface area contributed by atoms with Crippen molar-refractivity contribution < 1.29 is 0 Å². The first-order chi connectivity index (χ1) is 7.72. The van der Waals surface area contributed by atoms with Crippen molar-refractivity contribution in [3.63, 3.8) is 0 Å². The summed E-state index contributed by atoms with van der Waals surface area (Å²) in [5.74, 6) is 0.832. The number of fused-ring (bicyclic) bond motifs is 2. The first-order valence-corrected chi connectivity index (χ1v) is 6.49. The molecule has 2 aliphatic rings. The zero-order valence-electron chi connectivity index (χ0n) is 10.4. The maximum atomic E-state index is 2.47. The first kappa shape index (κ1) is 10.3. The Bertz CT molecular complexity index is 388. The van der Waals surface area contributed by atoms with Gasteiger partial charge in [0.2, 0.25) is 0 Å². The van der Waals surface area contributed by atoms with Crippen LogP contribution in [0.2, 0.25) is 0 Å². The highest BCUT2D eigenvalue weighted by Gasteiger charge is 2.45. The van der Waals surface area contributed by atoms with E-state index < -0.39 is 0 Å². The summed E-state index contributed by atoms with van der Waals surface area (Å²) < 4.78 is 0. The van der Waals surface area contributed by atoms with Crippen molar-refractivity contribution in [1.29, 1.82) is 0 Å². The molecule has 0 bridgehead atoms. The van der Waals surface area contributed by atoms with E-state index in [-0.39, 0.29) is 0 Å². The second kappa shape index (κ2) is 3.59. The molecule has 0 amide bonds. The highest BCUT2D eigenvalue weighted by Crippen LogP contribution is 2.49. The summed E-state index contributed by atoms with van der Waals surface area (Å²) in [6.07, 6.45) is 3.99. The molecule has 1 aromatic carbocycles. The molecule has 1 aliphatic heterocycles. The van der Waals surface area contributed by atoms with Gasteiger partial charge in [-0.3, -0.25) is 0 Å². The Kier molecular flexibility index (Phi) is 2.32. The lowest BCUT2D eigenvalue weighted by Crippen LogP contribution is -2.42. The van der Waals surface area contributed by atoms with Crippen molar-refractivity contribution in [2.24, 2.45) is 5.92 Å². The maximum absolute atomic E-state index is 2.47. The number of rotatable bonds is 0. The Labute approximate surface area is 98.5 Å². The van der Waals surface area contributed by atoms with Gasteiger partial charge >= 0.3 is 0 Å². The topological polar surface area (TPSA) is 3.24 Å². The lowest BCUT2D eigenvalue weighted by molar-refractivity contribution is 0.151. The molecule has 86 valence electrons. The third-order valence-corrected chi connectivity index (χ3v) is 4.90. The molecule has 1 aromatic rings. The van der Waals surface area contributed by atoms with E-state index in [9.17, 15) is 0 Å². The molecule has 1 spiro atoms. The molecule has 1 heterocycles. The molecule has 1 heteroatoms. The Hall–Kier alpha value is -0.820. The normalized spacial score (nSPS) is 28.2. The SMILES string of the molecule is CC1Cc2ccccc2C12CCN(C)CC2. The smallest absolute Gasteiger partial charge is 0.000878 e. The van der Waals surface area contributed by atoms with Gasteiger partial charge in [-0.2, -0.15) is 0 Å². The number of hydrogen-bond acceptors (Lipinski definition) is 1. The predicted octanol–water partition coefficient (Wildman–Crippen LogP) is 2.84. The molecule has 16 heavy (non-hydrogen) atoms. The van der Waals surface area contributed by atoms with Gasteiger partial charge in [-0.05, 0) is 56.4 Å². The molecule has 1 fully saturated rings. The van der Waals surface area contributed by atoms with Crippen LogP contribution >= 0.6 is 0 Å². The van der Waals surface area contributed by atoms with Crippen LogP contribution in [0.3, 0.4) is 0 Å². The zero-order valence-corrected chi connectivity index (χ0v) is 10.4.